The molecule has 1 unspecified atom stereocenters. The Hall–Kier alpha value is -1.28. The van der Waals surface area contributed by atoms with Crippen LogP contribution in [0, 0.1) is 0 Å². The number of fused-ring (bicyclic) bond motifs is 3. The molecule has 0 amide bonds. The van der Waals surface area contributed by atoms with Crippen LogP contribution >= 0.6 is 11.3 Å². The van der Waals surface area contributed by atoms with Gasteiger partial charge >= 0.3 is 0 Å². The largest absolute Gasteiger partial charge is 0.379 e. The van der Waals surface area contributed by atoms with E-state index in [1.54, 1.807) is 17.7 Å². The average Bonchev–Trinajstić information content (AvgIpc) is 2.94. The highest BCUT2D eigenvalue weighted by Gasteiger charge is 2.27. The molecule has 6 nitrogen and oxygen atoms in total. The Bertz CT molecular complexity index is 910. The molecule has 2 aliphatic carbocycles. The summed E-state index contributed by atoms with van der Waals surface area (Å²) in [5.74, 6) is 0. The Morgan fingerprint density at radius 3 is 2.67 bits per heavy atom. The van der Waals surface area contributed by atoms with Gasteiger partial charge in [-0.1, -0.05) is 25.7 Å². The summed E-state index contributed by atoms with van der Waals surface area (Å²) in [5.41, 5.74) is 1.44. The van der Waals surface area contributed by atoms with Crippen molar-refractivity contribution in [3.8, 4) is 0 Å². The number of ether oxygens (including phenoxy) is 1. The SMILES string of the molecule is O=c1c2c3c(sc2ncn1CCN1CCOCC1)CC(NC1CCCCCC1)CC3. The molecule has 164 valence electrons. The number of hydrogen-bond donors (Lipinski definition) is 1. The Morgan fingerprint density at radius 2 is 1.87 bits per heavy atom. The fraction of sp³-hybridized carbons (Fsp3) is 0.739. The Kier molecular flexibility index (Phi) is 6.51. The zero-order valence-electron chi connectivity index (χ0n) is 17.9. The second kappa shape index (κ2) is 9.47. The number of aromatic nitrogens is 2. The molecule has 2 fully saturated rings. The molecule has 1 atom stereocenters. The number of aryl methyl sites for hydroxylation is 1. The van der Waals surface area contributed by atoms with Crippen LogP contribution in [0.3, 0.4) is 0 Å². The van der Waals surface area contributed by atoms with Gasteiger partial charge in [-0.2, -0.15) is 0 Å². The van der Waals surface area contributed by atoms with Crippen molar-refractivity contribution >= 4 is 21.6 Å². The number of nitrogens with zero attached hydrogens (tertiary/aromatic N) is 3. The summed E-state index contributed by atoms with van der Waals surface area (Å²) >= 11 is 1.75. The fourth-order valence-corrected chi connectivity index (χ4v) is 6.61. The van der Waals surface area contributed by atoms with Crippen LogP contribution in [0.25, 0.3) is 10.2 Å². The first-order valence-electron chi connectivity index (χ1n) is 11.8. The molecule has 0 aromatic carbocycles. The first-order valence-corrected chi connectivity index (χ1v) is 12.7. The van der Waals surface area contributed by atoms with E-state index in [0.717, 1.165) is 62.3 Å². The molecule has 0 radical (unpaired) electrons. The average molecular weight is 431 g/mol. The fourth-order valence-electron chi connectivity index (χ4n) is 5.36. The number of nitrogens with one attached hydrogen (secondary N) is 1. The van der Waals surface area contributed by atoms with Crippen LogP contribution in [-0.4, -0.2) is 59.4 Å². The molecule has 0 bridgehead atoms. The van der Waals surface area contributed by atoms with Gasteiger partial charge in [-0.25, -0.2) is 4.98 Å². The molecule has 1 saturated heterocycles. The molecular weight excluding hydrogens is 396 g/mol. The van der Waals surface area contributed by atoms with Gasteiger partial charge < -0.3 is 10.1 Å². The molecule has 1 aliphatic heterocycles. The lowest BCUT2D eigenvalue weighted by atomic mass is 9.92. The maximum Gasteiger partial charge on any atom is 0.262 e. The topological polar surface area (TPSA) is 59.4 Å². The van der Waals surface area contributed by atoms with Crippen LogP contribution < -0.4 is 10.9 Å². The number of hydrogen-bond acceptors (Lipinski definition) is 6. The summed E-state index contributed by atoms with van der Waals surface area (Å²) in [7, 11) is 0. The quantitative estimate of drug-likeness (QED) is 0.739. The lowest BCUT2D eigenvalue weighted by molar-refractivity contribution is 0.0362. The summed E-state index contributed by atoms with van der Waals surface area (Å²) in [6.45, 7) is 5.08. The third-order valence-corrected chi connectivity index (χ3v) is 8.29. The number of rotatable bonds is 5. The van der Waals surface area contributed by atoms with Gasteiger partial charge in [0, 0.05) is 43.1 Å². The van der Waals surface area contributed by atoms with Crippen molar-refractivity contribution in [3.05, 3.63) is 27.1 Å². The van der Waals surface area contributed by atoms with E-state index in [2.05, 4.69) is 15.2 Å². The summed E-state index contributed by atoms with van der Waals surface area (Å²) in [5, 5.41) is 4.85. The van der Waals surface area contributed by atoms with E-state index in [0.29, 0.717) is 18.6 Å². The van der Waals surface area contributed by atoms with Crippen LogP contribution in [-0.2, 0) is 24.1 Å². The highest BCUT2D eigenvalue weighted by atomic mass is 32.1. The molecule has 5 rings (SSSR count). The lowest BCUT2D eigenvalue weighted by Gasteiger charge is -2.28. The van der Waals surface area contributed by atoms with Crippen LogP contribution in [0.5, 0.6) is 0 Å². The first kappa shape index (κ1) is 20.6. The van der Waals surface area contributed by atoms with Gasteiger partial charge in [-0.3, -0.25) is 14.3 Å². The maximum atomic E-state index is 13.2. The molecule has 0 spiro atoms. The highest BCUT2D eigenvalue weighted by molar-refractivity contribution is 7.18. The van der Waals surface area contributed by atoms with E-state index < -0.39 is 0 Å². The first-order chi connectivity index (χ1) is 14.8. The minimum atomic E-state index is 0.154. The van der Waals surface area contributed by atoms with E-state index in [-0.39, 0.29) is 5.56 Å². The lowest BCUT2D eigenvalue weighted by Crippen LogP contribution is -2.41. The summed E-state index contributed by atoms with van der Waals surface area (Å²) in [4.78, 5) is 22.6. The summed E-state index contributed by atoms with van der Waals surface area (Å²) in [6, 6.07) is 1.24. The van der Waals surface area contributed by atoms with Crippen molar-refractivity contribution in [1.82, 2.24) is 19.8 Å². The zero-order chi connectivity index (χ0) is 20.3. The number of morpholine rings is 1. The Labute approximate surface area is 182 Å². The van der Waals surface area contributed by atoms with Crippen molar-refractivity contribution in [3.63, 3.8) is 0 Å². The second-order valence-corrected chi connectivity index (χ2v) is 10.3. The minimum Gasteiger partial charge on any atom is -0.379 e. The van der Waals surface area contributed by atoms with Gasteiger partial charge in [0.1, 0.15) is 4.83 Å². The van der Waals surface area contributed by atoms with Crippen molar-refractivity contribution in [2.24, 2.45) is 0 Å². The van der Waals surface area contributed by atoms with Crippen molar-refractivity contribution in [2.75, 3.05) is 32.8 Å². The van der Waals surface area contributed by atoms with Gasteiger partial charge in [-0.15, -0.1) is 11.3 Å². The molecule has 2 aromatic rings. The van der Waals surface area contributed by atoms with Crippen LogP contribution in [0.2, 0.25) is 0 Å². The zero-order valence-corrected chi connectivity index (χ0v) is 18.7. The predicted molar refractivity (Wildman–Crippen MR) is 122 cm³/mol. The summed E-state index contributed by atoms with van der Waals surface area (Å²) < 4.78 is 7.24. The summed E-state index contributed by atoms with van der Waals surface area (Å²) in [6.07, 6.45) is 13.1. The van der Waals surface area contributed by atoms with E-state index in [1.165, 1.54) is 49.0 Å². The van der Waals surface area contributed by atoms with Crippen molar-refractivity contribution in [1.29, 1.82) is 0 Å². The standard InChI is InChI=1S/C23H34N4O2S/c28-23-21-19-8-7-18(25-17-5-3-1-2-4-6-17)15-20(19)30-22(21)24-16-27(23)10-9-26-11-13-29-14-12-26/h16-18,25H,1-15H2. The van der Waals surface area contributed by atoms with Crippen LogP contribution in [0.15, 0.2) is 11.1 Å². The van der Waals surface area contributed by atoms with Gasteiger partial charge in [0.2, 0.25) is 0 Å². The third kappa shape index (κ3) is 4.49. The minimum absolute atomic E-state index is 0.154. The van der Waals surface area contributed by atoms with Gasteiger partial charge in [0.05, 0.1) is 24.9 Å². The molecule has 30 heavy (non-hydrogen) atoms. The van der Waals surface area contributed by atoms with Crippen molar-refractivity contribution in [2.45, 2.75) is 76.4 Å². The van der Waals surface area contributed by atoms with Crippen LogP contribution in [0.4, 0.5) is 0 Å². The van der Waals surface area contributed by atoms with E-state index in [4.69, 9.17) is 4.74 Å². The molecule has 2 aromatic heterocycles. The van der Waals surface area contributed by atoms with E-state index in [1.807, 2.05) is 4.57 Å². The monoisotopic (exact) mass is 430 g/mol. The molecule has 1 saturated carbocycles. The van der Waals surface area contributed by atoms with Gasteiger partial charge in [0.15, 0.2) is 0 Å². The van der Waals surface area contributed by atoms with Crippen molar-refractivity contribution < 1.29 is 4.74 Å². The third-order valence-electron chi connectivity index (χ3n) is 7.12. The molecule has 7 heteroatoms. The maximum absolute atomic E-state index is 13.2. The smallest absolute Gasteiger partial charge is 0.262 e. The number of thiophene rings is 1. The normalized spacial score (nSPS) is 24.1. The second-order valence-electron chi connectivity index (χ2n) is 9.18. The highest BCUT2D eigenvalue weighted by Crippen LogP contribution is 2.34. The molecule has 3 heterocycles. The van der Waals surface area contributed by atoms with Gasteiger partial charge in [-0.05, 0) is 37.7 Å². The van der Waals surface area contributed by atoms with E-state index >= 15 is 0 Å². The van der Waals surface area contributed by atoms with Crippen LogP contribution in [0.1, 0.15) is 55.4 Å². The van der Waals surface area contributed by atoms with E-state index in [9.17, 15) is 4.79 Å². The van der Waals surface area contributed by atoms with Gasteiger partial charge in [0.25, 0.3) is 5.56 Å². The molecule has 1 N–H and O–H groups in total. The Balaban J connectivity index is 1.29. The predicted octanol–water partition coefficient (Wildman–Crippen LogP) is 2.96. The molecular formula is C23H34N4O2S. The molecule has 3 aliphatic rings. The Morgan fingerprint density at radius 1 is 1.07 bits per heavy atom.